The predicted octanol–water partition coefficient (Wildman–Crippen LogP) is 5.77. The molecule has 1 heteroatoms. The molecule has 2 aromatic rings. The minimum absolute atomic E-state index is 0.914. The fraction of sp³-hybridized carbons (Fsp3) is 0.368. The molecule has 0 aliphatic heterocycles. The van der Waals surface area contributed by atoms with E-state index in [0.29, 0.717) is 0 Å². The number of hydrogen-bond acceptors (Lipinski definition) is 1. The van der Waals surface area contributed by atoms with Crippen molar-refractivity contribution in [1.29, 1.82) is 0 Å². The lowest BCUT2D eigenvalue weighted by atomic mass is 9.98. The van der Waals surface area contributed by atoms with Crippen molar-refractivity contribution < 1.29 is 4.74 Å². The van der Waals surface area contributed by atoms with Crippen LogP contribution in [0.25, 0.3) is 0 Å². The highest BCUT2D eigenvalue weighted by molar-refractivity contribution is 5.43. The van der Waals surface area contributed by atoms with Crippen LogP contribution in [0.5, 0.6) is 11.5 Å². The van der Waals surface area contributed by atoms with Crippen molar-refractivity contribution in [3.63, 3.8) is 0 Å². The minimum Gasteiger partial charge on any atom is -0.457 e. The lowest BCUT2D eigenvalue weighted by Gasteiger charge is -2.14. The Kier molecular flexibility index (Phi) is 5.67. The second-order valence-corrected chi connectivity index (χ2v) is 5.12. The summed E-state index contributed by atoms with van der Waals surface area (Å²) in [5.74, 6) is 1.93. The first kappa shape index (κ1) is 14.6. The Bertz CT molecular complexity index is 517. The molecule has 0 unspecified atom stereocenters. The fourth-order valence-electron chi connectivity index (χ4n) is 2.49. The monoisotopic (exact) mass is 268 g/mol. The van der Waals surface area contributed by atoms with E-state index in [1.165, 1.54) is 30.4 Å². The summed E-state index contributed by atoms with van der Waals surface area (Å²) in [7, 11) is 0. The highest BCUT2D eigenvalue weighted by atomic mass is 16.5. The maximum atomic E-state index is 6.08. The molecule has 0 aliphatic carbocycles. The van der Waals surface area contributed by atoms with Crippen LogP contribution in [0.1, 0.15) is 44.2 Å². The van der Waals surface area contributed by atoms with Crippen LogP contribution in [0.2, 0.25) is 0 Å². The molecule has 20 heavy (non-hydrogen) atoms. The summed E-state index contributed by atoms with van der Waals surface area (Å²) in [6.45, 7) is 4.46. The van der Waals surface area contributed by atoms with Crippen molar-refractivity contribution in [1.82, 2.24) is 0 Å². The summed E-state index contributed by atoms with van der Waals surface area (Å²) in [4.78, 5) is 0. The number of para-hydroxylation sites is 1. The van der Waals surface area contributed by atoms with Crippen LogP contribution in [0.15, 0.2) is 48.5 Å². The summed E-state index contributed by atoms with van der Waals surface area (Å²) in [5.41, 5.74) is 2.79. The molecular formula is C19H24O. The van der Waals surface area contributed by atoms with Crippen molar-refractivity contribution in [3.05, 3.63) is 59.7 Å². The van der Waals surface area contributed by atoms with Crippen molar-refractivity contribution in [2.24, 2.45) is 0 Å². The van der Waals surface area contributed by atoms with Gasteiger partial charge in [0.25, 0.3) is 0 Å². The van der Waals surface area contributed by atoms with Gasteiger partial charge >= 0.3 is 0 Å². The van der Waals surface area contributed by atoms with Gasteiger partial charge in [0.1, 0.15) is 11.5 Å². The van der Waals surface area contributed by atoms with E-state index < -0.39 is 0 Å². The number of hydrogen-bond donors (Lipinski definition) is 0. The van der Waals surface area contributed by atoms with E-state index in [2.05, 4.69) is 32.0 Å². The van der Waals surface area contributed by atoms with Gasteiger partial charge in [0.05, 0.1) is 0 Å². The SMILES string of the molecule is CCCCCc1c(CC)cccc1Oc1ccccc1. The molecule has 2 aromatic carbocycles. The Hall–Kier alpha value is -1.76. The summed E-state index contributed by atoms with van der Waals surface area (Å²) >= 11 is 0. The summed E-state index contributed by atoms with van der Waals surface area (Å²) < 4.78 is 6.08. The quantitative estimate of drug-likeness (QED) is 0.579. The molecule has 0 N–H and O–H groups in total. The molecule has 0 aromatic heterocycles. The Morgan fingerprint density at radius 3 is 2.35 bits per heavy atom. The van der Waals surface area contributed by atoms with Gasteiger partial charge in [-0.15, -0.1) is 0 Å². The number of ether oxygens (including phenoxy) is 1. The van der Waals surface area contributed by atoms with E-state index in [0.717, 1.165) is 24.3 Å². The van der Waals surface area contributed by atoms with Crippen LogP contribution in [0.4, 0.5) is 0 Å². The second-order valence-electron chi connectivity index (χ2n) is 5.12. The van der Waals surface area contributed by atoms with Gasteiger partial charge in [0, 0.05) is 0 Å². The largest absolute Gasteiger partial charge is 0.457 e. The van der Waals surface area contributed by atoms with Crippen molar-refractivity contribution >= 4 is 0 Å². The van der Waals surface area contributed by atoms with Crippen molar-refractivity contribution in [3.8, 4) is 11.5 Å². The maximum absolute atomic E-state index is 6.08. The highest BCUT2D eigenvalue weighted by Gasteiger charge is 2.09. The third-order valence-electron chi connectivity index (χ3n) is 3.61. The first-order chi connectivity index (χ1) is 9.85. The number of aryl methyl sites for hydroxylation is 1. The van der Waals surface area contributed by atoms with Gasteiger partial charge in [-0.05, 0) is 48.6 Å². The molecule has 0 saturated carbocycles. The summed E-state index contributed by atoms with van der Waals surface area (Å²) in [6.07, 6.45) is 5.94. The molecule has 0 bridgehead atoms. The van der Waals surface area contributed by atoms with E-state index in [9.17, 15) is 0 Å². The Morgan fingerprint density at radius 2 is 1.65 bits per heavy atom. The van der Waals surface area contributed by atoms with Gasteiger partial charge < -0.3 is 4.74 Å². The zero-order valence-corrected chi connectivity index (χ0v) is 12.6. The smallest absolute Gasteiger partial charge is 0.130 e. The molecule has 1 nitrogen and oxygen atoms in total. The standard InChI is InChI=1S/C19H24O/c1-3-5-7-14-18-16(4-2)11-10-15-19(18)20-17-12-8-6-9-13-17/h6,8-13,15H,3-5,7,14H2,1-2H3. The molecule has 0 amide bonds. The van der Waals surface area contributed by atoms with Gasteiger partial charge in [0.15, 0.2) is 0 Å². The Morgan fingerprint density at radius 1 is 0.850 bits per heavy atom. The Labute approximate surface area is 122 Å². The summed E-state index contributed by atoms with van der Waals surface area (Å²) in [5, 5.41) is 0. The van der Waals surface area contributed by atoms with Gasteiger partial charge in [-0.25, -0.2) is 0 Å². The minimum atomic E-state index is 0.914. The van der Waals surface area contributed by atoms with Crippen LogP contribution in [0, 0.1) is 0 Å². The van der Waals surface area contributed by atoms with Crippen LogP contribution in [-0.2, 0) is 12.8 Å². The normalized spacial score (nSPS) is 10.5. The van der Waals surface area contributed by atoms with Crippen LogP contribution in [0.3, 0.4) is 0 Å². The predicted molar refractivity (Wildman–Crippen MR) is 85.6 cm³/mol. The maximum Gasteiger partial charge on any atom is 0.130 e. The molecule has 0 spiro atoms. The molecule has 106 valence electrons. The van der Waals surface area contributed by atoms with E-state index in [4.69, 9.17) is 4.74 Å². The van der Waals surface area contributed by atoms with Gasteiger partial charge in [-0.1, -0.05) is 57.0 Å². The summed E-state index contributed by atoms with van der Waals surface area (Å²) in [6, 6.07) is 16.5. The molecule has 0 saturated heterocycles. The van der Waals surface area contributed by atoms with Crippen molar-refractivity contribution in [2.45, 2.75) is 46.0 Å². The first-order valence-electron chi connectivity index (χ1n) is 7.68. The van der Waals surface area contributed by atoms with Crippen LogP contribution >= 0.6 is 0 Å². The zero-order chi connectivity index (χ0) is 14.2. The molecule has 0 aliphatic rings. The molecule has 0 fully saturated rings. The lowest BCUT2D eigenvalue weighted by molar-refractivity contribution is 0.473. The number of unbranched alkanes of at least 4 members (excludes halogenated alkanes) is 2. The van der Waals surface area contributed by atoms with E-state index in [-0.39, 0.29) is 0 Å². The van der Waals surface area contributed by atoms with E-state index in [1.807, 2.05) is 30.3 Å². The van der Waals surface area contributed by atoms with Crippen molar-refractivity contribution in [2.75, 3.05) is 0 Å². The van der Waals surface area contributed by atoms with Gasteiger partial charge in [0.2, 0.25) is 0 Å². The fourth-order valence-corrected chi connectivity index (χ4v) is 2.49. The Balaban J connectivity index is 2.22. The van der Waals surface area contributed by atoms with Gasteiger partial charge in [-0.2, -0.15) is 0 Å². The third-order valence-corrected chi connectivity index (χ3v) is 3.61. The van der Waals surface area contributed by atoms with Gasteiger partial charge in [-0.3, -0.25) is 0 Å². The average Bonchev–Trinajstić information content (AvgIpc) is 2.50. The molecular weight excluding hydrogens is 244 g/mol. The van der Waals surface area contributed by atoms with E-state index >= 15 is 0 Å². The topological polar surface area (TPSA) is 9.23 Å². The second kappa shape index (κ2) is 7.74. The molecule has 0 atom stereocenters. The number of rotatable bonds is 7. The highest BCUT2D eigenvalue weighted by Crippen LogP contribution is 2.29. The van der Waals surface area contributed by atoms with Crippen LogP contribution in [-0.4, -0.2) is 0 Å². The first-order valence-corrected chi connectivity index (χ1v) is 7.68. The molecule has 0 radical (unpaired) electrons. The zero-order valence-electron chi connectivity index (χ0n) is 12.6. The number of benzene rings is 2. The molecule has 0 heterocycles. The molecule has 2 rings (SSSR count). The average molecular weight is 268 g/mol. The van der Waals surface area contributed by atoms with E-state index in [1.54, 1.807) is 0 Å². The van der Waals surface area contributed by atoms with Crippen LogP contribution < -0.4 is 4.74 Å². The lowest BCUT2D eigenvalue weighted by Crippen LogP contribution is -1.98. The third kappa shape index (κ3) is 3.86.